The van der Waals surface area contributed by atoms with E-state index >= 15 is 0 Å². The molecule has 2 aromatic rings. The van der Waals surface area contributed by atoms with Gasteiger partial charge in [0.05, 0.1) is 5.56 Å². The molecule has 2 rings (SSSR count). The van der Waals surface area contributed by atoms with Crippen molar-refractivity contribution in [3.8, 4) is 11.4 Å². The van der Waals surface area contributed by atoms with Crippen molar-refractivity contribution >= 4 is 11.8 Å². The van der Waals surface area contributed by atoms with E-state index in [2.05, 4.69) is 16.9 Å². The lowest BCUT2D eigenvalue weighted by Gasteiger charge is -2.06. The average Bonchev–Trinajstić information content (AvgIpc) is 2.84. The molecule has 0 amide bonds. The van der Waals surface area contributed by atoms with Crippen LogP contribution in [0.25, 0.3) is 11.4 Å². The number of hydrogen-bond donors (Lipinski definition) is 1. The van der Waals surface area contributed by atoms with Crippen molar-refractivity contribution in [3.63, 3.8) is 0 Å². The fraction of sp³-hybridized carbons (Fsp3) is 0.308. The molecule has 0 saturated carbocycles. The molecule has 0 aliphatic carbocycles. The standard InChI is InChI=1S/C13H13F3N2S/c1-2-19-8-11-7-17-12(18-11)9-3-5-10(6-4-9)13(14,15)16/h3-7H,2,8H2,1H3,(H,17,18). The van der Waals surface area contributed by atoms with Gasteiger partial charge >= 0.3 is 6.18 Å². The molecule has 102 valence electrons. The van der Waals surface area contributed by atoms with E-state index < -0.39 is 11.7 Å². The summed E-state index contributed by atoms with van der Waals surface area (Å²) in [6, 6.07) is 4.99. The third-order valence-corrected chi connectivity index (χ3v) is 3.50. The van der Waals surface area contributed by atoms with E-state index in [0.717, 1.165) is 29.3 Å². The summed E-state index contributed by atoms with van der Waals surface area (Å²) in [5, 5.41) is 0. The van der Waals surface area contributed by atoms with E-state index in [4.69, 9.17) is 0 Å². The SMILES string of the molecule is CCSCc1cnc(-c2ccc(C(F)(F)F)cc2)[nH]1. The van der Waals surface area contributed by atoms with Gasteiger partial charge in [-0.15, -0.1) is 0 Å². The first-order valence-corrected chi connectivity index (χ1v) is 6.95. The Kier molecular flexibility index (Phi) is 4.19. The molecule has 19 heavy (non-hydrogen) atoms. The molecule has 1 aromatic heterocycles. The number of H-pyrrole nitrogens is 1. The van der Waals surface area contributed by atoms with Crippen LogP contribution in [0, 0.1) is 0 Å². The molecule has 0 bridgehead atoms. The van der Waals surface area contributed by atoms with Gasteiger partial charge in [-0.3, -0.25) is 0 Å². The molecule has 1 N–H and O–H groups in total. The minimum Gasteiger partial charge on any atom is -0.341 e. The molecule has 1 heterocycles. The van der Waals surface area contributed by atoms with Gasteiger partial charge in [-0.1, -0.05) is 19.1 Å². The summed E-state index contributed by atoms with van der Waals surface area (Å²) in [6.07, 6.45) is -2.58. The number of aromatic amines is 1. The van der Waals surface area contributed by atoms with Crippen molar-refractivity contribution in [1.29, 1.82) is 0 Å². The normalized spacial score (nSPS) is 11.8. The summed E-state index contributed by atoms with van der Waals surface area (Å²) in [6.45, 7) is 2.07. The average molecular weight is 286 g/mol. The molecule has 0 fully saturated rings. The summed E-state index contributed by atoms with van der Waals surface area (Å²) in [7, 11) is 0. The maximum atomic E-state index is 12.4. The molecular weight excluding hydrogens is 273 g/mol. The molecule has 6 heteroatoms. The lowest BCUT2D eigenvalue weighted by Crippen LogP contribution is -2.04. The van der Waals surface area contributed by atoms with Crippen LogP contribution in [0.15, 0.2) is 30.5 Å². The topological polar surface area (TPSA) is 28.7 Å². The molecule has 0 radical (unpaired) electrons. The number of halogens is 3. The molecule has 0 unspecified atom stereocenters. The van der Waals surface area contributed by atoms with Gasteiger partial charge in [-0.05, 0) is 17.9 Å². The zero-order valence-electron chi connectivity index (χ0n) is 10.3. The fourth-order valence-corrected chi connectivity index (χ4v) is 2.18. The second kappa shape index (κ2) is 5.69. The number of thioether (sulfide) groups is 1. The predicted molar refractivity (Wildman–Crippen MR) is 70.9 cm³/mol. The minimum atomic E-state index is -4.30. The molecule has 0 saturated heterocycles. The first-order chi connectivity index (χ1) is 9.00. The van der Waals surface area contributed by atoms with E-state index in [1.54, 1.807) is 18.0 Å². The Morgan fingerprint density at radius 1 is 1.21 bits per heavy atom. The first kappa shape index (κ1) is 14.0. The first-order valence-electron chi connectivity index (χ1n) is 5.80. The third kappa shape index (κ3) is 3.53. The smallest absolute Gasteiger partial charge is 0.341 e. The van der Waals surface area contributed by atoms with Crippen molar-refractivity contribution in [2.75, 3.05) is 5.75 Å². The van der Waals surface area contributed by atoms with Crippen molar-refractivity contribution in [2.45, 2.75) is 18.9 Å². The highest BCUT2D eigenvalue weighted by atomic mass is 32.2. The maximum absolute atomic E-state index is 12.4. The van der Waals surface area contributed by atoms with Gasteiger partial charge in [0.25, 0.3) is 0 Å². The lowest BCUT2D eigenvalue weighted by molar-refractivity contribution is -0.137. The Morgan fingerprint density at radius 3 is 2.47 bits per heavy atom. The van der Waals surface area contributed by atoms with Crippen LogP contribution in [-0.2, 0) is 11.9 Å². The number of alkyl halides is 3. The number of nitrogens with zero attached hydrogens (tertiary/aromatic N) is 1. The van der Waals surface area contributed by atoms with E-state index in [9.17, 15) is 13.2 Å². The van der Waals surface area contributed by atoms with Crippen molar-refractivity contribution in [1.82, 2.24) is 9.97 Å². The van der Waals surface area contributed by atoms with E-state index in [1.165, 1.54) is 12.1 Å². The molecule has 0 aliphatic rings. The molecular formula is C13H13F3N2S. The summed E-state index contributed by atoms with van der Waals surface area (Å²) in [4.78, 5) is 7.29. The van der Waals surface area contributed by atoms with Crippen molar-refractivity contribution in [3.05, 3.63) is 41.7 Å². The zero-order chi connectivity index (χ0) is 13.9. The predicted octanol–water partition coefficient (Wildman–Crippen LogP) is 4.35. The number of benzene rings is 1. The summed E-state index contributed by atoms with van der Waals surface area (Å²) < 4.78 is 37.3. The quantitative estimate of drug-likeness (QED) is 0.905. The summed E-state index contributed by atoms with van der Waals surface area (Å²) >= 11 is 1.76. The highest BCUT2D eigenvalue weighted by molar-refractivity contribution is 7.98. The highest BCUT2D eigenvalue weighted by Gasteiger charge is 2.30. The van der Waals surface area contributed by atoms with Gasteiger partial charge < -0.3 is 4.98 Å². The van der Waals surface area contributed by atoms with Gasteiger partial charge in [-0.25, -0.2) is 4.98 Å². The molecule has 1 aromatic carbocycles. The number of rotatable bonds is 4. The molecule has 2 nitrogen and oxygen atoms in total. The van der Waals surface area contributed by atoms with Crippen LogP contribution in [0.1, 0.15) is 18.2 Å². The largest absolute Gasteiger partial charge is 0.416 e. The van der Waals surface area contributed by atoms with Crippen LogP contribution >= 0.6 is 11.8 Å². The lowest BCUT2D eigenvalue weighted by atomic mass is 10.1. The van der Waals surface area contributed by atoms with Crippen LogP contribution in [0.2, 0.25) is 0 Å². The molecule has 0 aliphatic heterocycles. The van der Waals surface area contributed by atoms with Crippen LogP contribution in [0.5, 0.6) is 0 Å². The van der Waals surface area contributed by atoms with Gasteiger partial charge in [-0.2, -0.15) is 24.9 Å². The zero-order valence-corrected chi connectivity index (χ0v) is 11.1. The number of imidazole rings is 1. The Balaban J connectivity index is 2.16. The molecule has 0 atom stereocenters. The van der Waals surface area contributed by atoms with Crippen LogP contribution < -0.4 is 0 Å². The summed E-state index contributed by atoms with van der Waals surface area (Å²) in [5.41, 5.74) is 0.979. The van der Waals surface area contributed by atoms with E-state index in [1.807, 2.05) is 0 Å². The Morgan fingerprint density at radius 2 is 1.89 bits per heavy atom. The van der Waals surface area contributed by atoms with E-state index in [0.29, 0.717) is 11.4 Å². The van der Waals surface area contributed by atoms with Crippen LogP contribution in [0.4, 0.5) is 13.2 Å². The van der Waals surface area contributed by atoms with Gasteiger partial charge in [0.15, 0.2) is 0 Å². The second-order valence-corrected chi connectivity index (χ2v) is 5.24. The Hall–Kier alpha value is -1.43. The van der Waals surface area contributed by atoms with Crippen LogP contribution in [0.3, 0.4) is 0 Å². The van der Waals surface area contributed by atoms with Crippen molar-refractivity contribution < 1.29 is 13.2 Å². The second-order valence-electron chi connectivity index (χ2n) is 3.97. The number of nitrogens with one attached hydrogen (secondary N) is 1. The fourth-order valence-electron chi connectivity index (χ4n) is 1.61. The number of hydrogen-bond acceptors (Lipinski definition) is 2. The molecule has 0 spiro atoms. The van der Waals surface area contributed by atoms with E-state index in [-0.39, 0.29) is 0 Å². The third-order valence-electron chi connectivity index (χ3n) is 2.58. The van der Waals surface area contributed by atoms with Gasteiger partial charge in [0.1, 0.15) is 5.82 Å². The maximum Gasteiger partial charge on any atom is 0.416 e. The van der Waals surface area contributed by atoms with Crippen LogP contribution in [-0.4, -0.2) is 15.7 Å². The Labute approximate surface area is 113 Å². The highest BCUT2D eigenvalue weighted by Crippen LogP contribution is 2.30. The van der Waals surface area contributed by atoms with Crippen molar-refractivity contribution in [2.24, 2.45) is 0 Å². The van der Waals surface area contributed by atoms with Gasteiger partial charge in [0.2, 0.25) is 0 Å². The number of aromatic nitrogens is 2. The summed E-state index contributed by atoms with van der Waals surface area (Å²) in [5.74, 6) is 2.43. The minimum absolute atomic E-state index is 0.598. The Bertz CT molecular complexity index is 532. The monoisotopic (exact) mass is 286 g/mol. The van der Waals surface area contributed by atoms with Gasteiger partial charge in [0, 0.05) is 23.2 Å².